The molecule has 1 fully saturated rings. The van der Waals surface area contributed by atoms with E-state index >= 15 is 0 Å². The van der Waals surface area contributed by atoms with Crippen molar-refractivity contribution in [1.29, 1.82) is 10.5 Å². The summed E-state index contributed by atoms with van der Waals surface area (Å²) in [6.45, 7) is 0.964. The smallest absolute Gasteiger partial charge is 0.138 e. The van der Waals surface area contributed by atoms with Crippen molar-refractivity contribution in [1.82, 2.24) is 9.80 Å². The van der Waals surface area contributed by atoms with Gasteiger partial charge >= 0.3 is 0 Å². The maximum Gasteiger partial charge on any atom is 0.138 e. The van der Waals surface area contributed by atoms with Gasteiger partial charge in [-0.1, -0.05) is 24.0 Å². The molecule has 1 rings (SSSR count). The fourth-order valence-corrected chi connectivity index (χ4v) is 2.38. The summed E-state index contributed by atoms with van der Waals surface area (Å²) >= 11 is 8.92. The van der Waals surface area contributed by atoms with Crippen LogP contribution in [0.4, 0.5) is 0 Å². The zero-order valence-corrected chi connectivity index (χ0v) is 12.3. The summed E-state index contributed by atoms with van der Waals surface area (Å²) in [4.78, 5) is 4.30. The van der Waals surface area contributed by atoms with Gasteiger partial charge in [0.2, 0.25) is 0 Å². The van der Waals surface area contributed by atoms with Gasteiger partial charge < -0.3 is 4.90 Å². The Morgan fingerprint density at radius 2 is 1.94 bits per heavy atom. The third-order valence-corrected chi connectivity index (χ3v) is 4.42. The molecule has 0 unspecified atom stereocenters. The average molecular weight is 292 g/mol. The first-order valence-electron chi connectivity index (χ1n) is 4.20. The molecule has 16 heavy (non-hydrogen) atoms. The Balaban J connectivity index is 0.000000293. The van der Waals surface area contributed by atoms with Crippen LogP contribution in [0.1, 0.15) is 0 Å². The van der Waals surface area contributed by atoms with E-state index in [1.807, 2.05) is 17.9 Å². The van der Waals surface area contributed by atoms with Crippen molar-refractivity contribution in [2.45, 2.75) is 0 Å². The zero-order chi connectivity index (χ0) is 12.4. The van der Waals surface area contributed by atoms with Crippen LogP contribution in [0.5, 0.6) is 0 Å². The lowest BCUT2D eigenvalue weighted by molar-refractivity contribution is 0.278. The lowest BCUT2D eigenvalue weighted by Crippen LogP contribution is -2.40. The van der Waals surface area contributed by atoms with Crippen LogP contribution < -0.4 is 0 Å². The van der Waals surface area contributed by atoms with Crippen LogP contribution in [0.2, 0.25) is 0 Å². The molecule has 8 heteroatoms. The third-order valence-electron chi connectivity index (χ3n) is 1.42. The van der Waals surface area contributed by atoms with E-state index in [0.717, 1.165) is 40.4 Å². The van der Waals surface area contributed by atoms with Gasteiger partial charge in [-0.25, -0.2) is 0 Å². The highest BCUT2D eigenvalue weighted by Crippen LogP contribution is 2.14. The molecule has 0 atom stereocenters. The summed E-state index contributed by atoms with van der Waals surface area (Å²) in [6.07, 6.45) is 0. The number of nitrogens with zero attached hydrogens (tertiary/aromatic N) is 4. The fourth-order valence-electron chi connectivity index (χ4n) is 0.818. The number of thioether (sulfide) groups is 3. The van der Waals surface area contributed by atoms with Gasteiger partial charge in [0.1, 0.15) is 15.1 Å². The predicted molar refractivity (Wildman–Crippen MR) is 76.7 cm³/mol. The SMILES string of the molecule is CN1CSC(=S)N(C)C1.N#CSCSC#N. The minimum Gasteiger partial charge on any atom is -0.348 e. The molecule has 1 heterocycles. The number of thiocyanates is 2. The molecule has 0 amide bonds. The van der Waals surface area contributed by atoms with E-state index < -0.39 is 0 Å². The first kappa shape index (κ1) is 15.9. The van der Waals surface area contributed by atoms with Crippen LogP contribution in [0, 0.1) is 21.3 Å². The number of hydrogen-bond acceptors (Lipinski definition) is 7. The number of nitriles is 2. The van der Waals surface area contributed by atoms with Gasteiger partial charge in [-0.2, -0.15) is 10.5 Å². The molecule has 0 aromatic heterocycles. The molecular formula is C8H12N4S4. The maximum atomic E-state index is 7.88. The number of rotatable bonds is 2. The predicted octanol–water partition coefficient (Wildman–Crippen LogP) is 2.17. The maximum absolute atomic E-state index is 7.88. The van der Waals surface area contributed by atoms with E-state index in [2.05, 4.69) is 16.8 Å². The van der Waals surface area contributed by atoms with E-state index in [1.165, 1.54) is 0 Å². The van der Waals surface area contributed by atoms with Crippen LogP contribution in [-0.2, 0) is 0 Å². The summed E-state index contributed by atoms with van der Waals surface area (Å²) < 4.78 is 1.01. The Labute approximate surface area is 114 Å². The lowest BCUT2D eigenvalue weighted by Gasteiger charge is -2.31. The highest BCUT2D eigenvalue weighted by atomic mass is 32.2. The normalized spacial score (nSPS) is 15.8. The molecule has 0 aliphatic carbocycles. The van der Waals surface area contributed by atoms with Gasteiger partial charge in [-0.05, 0) is 30.6 Å². The zero-order valence-electron chi connectivity index (χ0n) is 9.04. The van der Waals surface area contributed by atoms with E-state index in [4.69, 9.17) is 22.7 Å². The van der Waals surface area contributed by atoms with Crippen molar-refractivity contribution in [2.24, 2.45) is 0 Å². The van der Waals surface area contributed by atoms with E-state index in [9.17, 15) is 0 Å². The Morgan fingerprint density at radius 1 is 1.38 bits per heavy atom. The standard InChI is InChI=1S/C5H10N2S2.C3H2N2S2/c1-6-3-7(2)5(8)9-4-6;4-1-6-3-7-2-5/h3-4H2,1-2H3;3H2. The van der Waals surface area contributed by atoms with Crippen LogP contribution in [-0.4, -0.2) is 45.8 Å². The third kappa shape index (κ3) is 8.08. The van der Waals surface area contributed by atoms with Crippen LogP contribution >= 0.6 is 47.5 Å². The topological polar surface area (TPSA) is 54.1 Å². The van der Waals surface area contributed by atoms with Gasteiger partial charge in [0.15, 0.2) is 0 Å². The first-order valence-corrected chi connectivity index (χ1v) is 7.56. The second-order valence-corrected chi connectivity index (χ2v) is 6.29. The Morgan fingerprint density at radius 3 is 2.31 bits per heavy atom. The van der Waals surface area contributed by atoms with Gasteiger partial charge in [0, 0.05) is 7.05 Å². The van der Waals surface area contributed by atoms with Crippen molar-refractivity contribution in [3.05, 3.63) is 0 Å². The van der Waals surface area contributed by atoms with Crippen molar-refractivity contribution in [2.75, 3.05) is 31.7 Å². The summed E-state index contributed by atoms with van der Waals surface area (Å²) in [5, 5.41) is 20.0. The van der Waals surface area contributed by atoms with Gasteiger partial charge in [0.05, 0.1) is 17.6 Å². The van der Waals surface area contributed by atoms with Gasteiger partial charge in [0.25, 0.3) is 0 Å². The summed E-state index contributed by atoms with van der Waals surface area (Å²) in [5.74, 6) is 1.03. The largest absolute Gasteiger partial charge is 0.348 e. The minimum absolute atomic E-state index is 0.549. The molecule has 0 saturated carbocycles. The average Bonchev–Trinajstić information content (AvgIpc) is 2.26. The molecule has 0 N–H and O–H groups in total. The quantitative estimate of drug-likeness (QED) is 0.332. The molecular weight excluding hydrogens is 280 g/mol. The van der Waals surface area contributed by atoms with Gasteiger partial charge in [-0.3, -0.25) is 4.90 Å². The van der Waals surface area contributed by atoms with Crippen LogP contribution in [0.25, 0.3) is 0 Å². The lowest BCUT2D eigenvalue weighted by atomic mass is 10.8. The van der Waals surface area contributed by atoms with Crippen molar-refractivity contribution in [3.8, 4) is 10.8 Å². The monoisotopic (exact) mass is 292 g/mol. The molecule has 88 valence electrons. The minimum atomic E-state index is 0.549. The summed E-state index contributed by atoms with van der Waals surface area (Å²) in [5.41, 5.74) is 0. The molecule has 0 aromatic carbocycles. The summed E-state index contributed by atoms with van der Waals surface area (Å²) in [6, 6.07) is 0. The highest BCUT2D eigenvalue weighted by Gasteiger charge is 2.13. The second kappa shape index (κ2) is 10.1. The Hall–Kier alpha value is -0.120. The molecule has 1 aliphatic rings. The van der Waals surface area contributed by atoms with Crippen LogP contribution in [0.15, 0.2) is 0 Å². The fraction of sp³-hybridized carbons (Fsp3) is 0.625. The molecule has 0 radical (unpaired) electrons. The van der Waals surface area contributed by atoms with Crippen molar-refractivity contribution >= 4 is 51.8 Å². The van der Waals surface area contributed by atoms with Crippen LogP contribution in [0.3, 0.4) is 0 Å². The van der Waals surface area contributed by atoms with E-state index in [0.29, 0.717) is 5.08 Å². The second-order valence-electron chi connectivity index (χ2n) is 2.82. The number of hydrogen-bond donors (Lipinski definition) is 0. The van der Waals surface area contributed by atoms with Crippen molar-refractivity contribution < 1.29 is 0 Å². The molecule has 0 spiro atoms. The Kier molecular flexibility index (Phi) is 9.99. The molecule has 0 aromatic rings. The van der Waals surface area contributed by atoms with Crippen molar-refractivity contribution in [3.63, 3.8) is 0 Å². The van der Waals surface area contributed by atoms with E-state index in [1.54, 1.807) is 11.8 Å². The summed E-state index contributed by atoms with van der Waals surface area (Å²) in [7, 11) is 4.11. The number of thiocarbonyl (C=S) groups is 1. The first-order chi connectivity index (χ1) is 7.61. The molecule has 1 saturated heterocycles. The van der Waals surface area contributed by atoms with E-state index in [-0.39, 0.29) is 0 Å². The molecule has 0 bridgehead atoms. The highest BCUT2D eigenvalue weighted by molar-refractivity contribution is 8.22. The molecule has 4 nitrogen and oxygen atoms in total. The Bertz CT molecular complexity index is 281. The van der Waals surface area contributed by atoms with Gasteiger partial charge in [-0.15, -0.1) is 0 Å². The molecule has 1 aliphatic heterocycles.